The SMILES string of the molecule is COP(OC)c1cc(C)cc(C)c1. The second-order valence-electron chi connectivity index (χ2n) is 2.97. The Morgan fingerprint density at radius 2 is 1.38 bits per heavy atom. The second kappa shape index (κ2) is 4.71. The van der Waals surface area contributed by atoms with Crippen molar-refractivity contribution >= 4 is 13.7 Å². The van der Waals surface area contributed by atoms with Gasteiger partial charge in [-0.15, -0.1) is 0 Å². The number of benzene rings is 1. The first kappa shape index (κ1) is 10.6. The van der Waals surface area contributed by atoms with Crippen molar-refractivity contribution in [2.24, 2.45) is 0 Å². The average Bonchev–Trinajstić information content (AvgIpc) is 2.04. The molecular formula is C10H15O2P. The minimum absolute atomic E-state index is 0.884. The summed E-state index contributed by atoms with van der Waals surface area (Å²) in [4.78, 5) is 0. The van der Waals surface area contributed by atoms with E-state index in [1.165, 1.54) is 11.1 Å². The Kier molecular flexibility index (Phi) is 3.86. The Morgan fingerprint density at radius 3 is 1.77 bits per heavy atom. The molecule has 0 saturated carbocycles. The van der Waals surface area contributed by atoms with Crippen LogP contribution in [0.2, 0.25) is 0 Å². The van der Waals surface area contributed by atoms with Crippen LogP contribution in [0.15, 0.2) is 18.2 Å². The van der Waals surface area contributed by atoms with E-state index in [9.17, 15) is 0 Å². The van der Waals surface area contributed by atoms with Crippen LogP contribution in [-0.4, -0.2) is 14.2 Å². The lowest BCUT2D eigenvalue weighted by Crippen LogP contribution is -2.04. The van der Waals surface area contributed by atoms with Gasteiger partial charge in [0.05, 0.1) is 0 Å². The quantitative estimate of drug-likeness (QED) is 0.695. The van der Waals surface area contributed by atoms with Gasteiger partial charge in [0.15, 0.2) is 0 Å². The van der Waals surface area contributed by atoms with E-state index in [0.29, 0.717) is 0 Å². The van der Waals surface area contributed by atoms with Crippen LogP contribution in [0.5, 0.6) is 0 Å². The first-order valence-electron chi connectivity index (χ1n) is 4.14. The van der Waals surface area contributed by atoms with E-state index in [-0.39, 0.29) is 0 Å². The van der Waals surface area contributed by atoms with E-state index in [1.54, 1.807) is 14.2 Å². The first-order valence-corrected chi connectivity index (χ1v) is 5.31. The van der Waals surface area contributed by atoms with Gasteiger partial charge in [-0.05, 0) is 26.0 Å². The molecule has 0 amide bonds. The molecule has 72 valence electrons. The molecule has 2 nitrogen and oxygen atoms in total. The van der Waals surface area contributed by atoms with Crippen LogP contribution < -0.4 is 5.30 Å². The fraction of sp³-hybridized carbons (Fsp3) is 0.400. The summed E-state index contributed by atoms with van der Waals surface area (Å²) in [5, 5.41) is 1.14. The van der Waals surface area contributed by atoms with Gasteiger partial charge < -0.3 is 9.05 Å². The minimum atomic E-state index is -0.884. The van der Waals surface area contributed by atoms with Crippen molar-refractivity contribution in [3.05, 3.63) is 29.3 Å². The number of aryl methyl sites for hydroxylation is 2. The molecular weight excluding hydrogens is 183 g/mol. The van der Waals surface area contributed by atoms with Gasteiger partial charge in [-0.25, -0.2) is 0 Å². The van der Waals surface area contributed by atoms with Crippen LogP contribution in [0, 0.1) is 13.8 Å². The molecule has 0 aliphatic carbocycles. The highest BCUT2D eigenvalue weighted by atomic mass is 31.2. The summed E-state index contributed by atoms with van der Waals surface area (Å²) in [5.74, 6) is 0. The average molecular weight is 198 g/mol. The molecule has 0 aliphatic heterocycles. The molecule has 0 radical (unpaired) electrons. The zero-order valence-electron chi connectivity index (χ0n) is 8.50. The molecule has 1 rings (SSSR count). The van der Waals surface area contributed by atoms with Crippen LogP contribution in [0.25, 0.3) is 0 Å². The third-order valence-corrected chi connectivity index (χ3v) is 3.09. The molecule has 0 heterocycles. The largest absolute Gasteiger partial charge is 0.334 e. The van der Waals surface area contributed by atoms with Gasteiger partial charge in [-0.2, -0.15) is 0 Å². The lowest BCUT2D eigenvalue weighted by molar-refractivity contribution is 0.350. The molecule has 0 aliphatic rings. The fourth-order valence-electron chi connectivity index (χ4n) is 1.34. The minimum Gasteiger partial charge on any atom is -0.334 e. The van der Waals surface area contributed by atoms with Crippen molar-refractivity contribution in [3.63, 3.8) is 0 Å². The topological polar surface area (TPSA) is 18.5 Å². The van der Waals surface area contributed by atoms with Crippen molar-refractivity contribution < 1.29 is 9.05 Å². The van der Waals surface area contributed by atoms with Gasteiger partial charge >= 0.3 is 0 Å². The van der Waals surface area contributed by atoms with Gasteiger partial charge in [0, 0.05) is 19.5 Å². The maximum atomic E-state index is 5.24. The van der Waals surface area contributed by atoms with E-state index < -0.39 is 8.38 Å². The number of hydrogen-bond acceptors (Lipinski definition) is 2. The molecule has 0 unspecified atom stereocenters. The van der Waals surface area contributed by atoms with Gasteiger partial charge in [0.1, 0.15) is 0 Å². The highest BCUT2D eigenvalue weighted by Gasteiger charge is 2.10. The molecule has 0 N–H and O–H groups in total. The molecule has 1 aromatic carbocycles. The zero-order chi connectivity index (χ0) is 9.84. The van der Waals surface area contributed by atoms with Crippen molar-refractivity contribution in [2.75, 3.05) is 14.2 Å². The van der Waals surface area contributed by atoms with Gasteiger partial charge in [-0.1, -0.05) is 17.2 Å². The molecule has 0 saturated heterocycles. The van der Waals surface area contributed by atoms with Crippen LogP contribution in [-0.2, 0) is 9.05 Å². The maximum Gasteiger partial charge on any atom is 0.204 e. The van der Waals surface area contributed by atoms with E-state index in [4.69, 9.17) is 9.05 Å². The molecule has 0 atom stereocenters. The molecule has 0 bridgehead atoms. The summed E-state index contributed by atoms with van der Waals surface area (Å²) in [6.07, 6.45) is 0. The third kappa shape index (κ3) is 2.77. The molecule has 0 fully saturated rings. The Balaban J connectivity index is 2.99. The predicted octanol–water partition coefficient (Wildman–Crippen LogP) is 2.53. The highest BCUT2D eigenvalue weighted by Crippen LogP contribution is 2.35. The molecule has 0 aromatic heterocycles. The lowest BCUT2D eigenvalue weighted by Gasteiger charge is -2.13. The van der Waals surface area contributed by atoms with Crippen LogP contribution in [0.4, 0.5) is 0 Å². The first-order chi connectivity index (χ1) is 6.17. The smallest absolute Gasteiger partial charge is 0.204 e. The summed E-state index contributed by atoms with van der Waals surface area (Å²) in [6.45, 7) is 4.16. The maximum absolute atomic E-state index is 5.24. The van der Waals surface area contributed by atoms with Crippen LogP contribution >= 0.6 is 8.38 Å². The fourth-order valence-corrected chi connectivity index (χ4v) is 2.53. The Labute approximate surface area is 80.8 Å². The zero-order valence-corrected chi connectivity index (χ0v) is 9.39. The molecule has 1 aromatic rings. The highest BCUT2D eigenvalue weighted by molar-refractivity contribution is 7.55. The lowest BCUT2D eigenvalue weighted by atomic mass is 10.2. The summed E-state index contributed by atoms with van der Waals surface area (Å²) < 4.78 is 10.5. The monoisotopic (exact) mass is 198 g/mol. The van der Waals surface area contributed by atoms with Crippen LogP contribution in [0.1, 0.15) is 11.1 Å². The van der Waals surface area contributed by atoms with E-state index in [2.05, 4.69) is 32.0 Å². The van der Waals surface area contributed by atoms with Gasteiger partial charge in [-0.3, -0.25) is 0 Å². The van der Waals surface area contributed by atoms with Crippen molar-refractivity contribution in [3.8, 4) is 0 Å². The van der Waals surface area contributed by atoms with Crippen molar-refractivity contribution in [1.82, 2.24) is 0 Å². The Bertz CT molecular complexity index is 262. The predicted molar refractivity (Wildman–Crippen MR) is 56.5 cm³/mol. The Morgan fingerprint density at radius 1 is 0.923 bits per heavy atom. The summed E-state index contributed by atoms with van der Waals surface area (Å²) in [6, 6.07) is 6.35. The standard InChI is InChI=1S/C10H15O2P/c1-8-5-9(2)7-10(6-8)13(11-3)12-4/h5-7H,1-4H3. The van der Waals surface area contributed by atoms with Crippen molar-refractivity contribution in [2.45, 2.75) is 13.8 Å². The number of hydrogen-bond donors (Lipinski definition) is 0. The molecule has 0 spiro atoms. The van der Waals surface area contributed by atoms with E-state index in [1.807, 2.05) is 0 Å². The Hall–Kier alpha value is -0.430. The van der Waals surface area contributed by atoms with Gasteiger partial charge in [0.25, 0.3) is 0 Å². The summed E-state index contributed by atoms with van der Waals surface area (Å²) in [5.41, 5.74) is 2.49. The summed E-state index contributed by atoms with van der Waals surface area (Å²) in [7, 11) is 2.46. The molecule has 3 heteroatoms. The van der Waals surface area contributed by atoms with E-state index >= 15 is 0 Å². The van der Waals surface area contributed by atoms with E-state index in [0.717, 1.165) is 5.30 Å². The molecule has 13 heavy (non-hydrogen) atoms. The summed E-state index contributed by atoms with van der Waals surface area (Å²) >= 11 is 0. The van der Waals surface area contributed by atoms with Crippen molar-refractivity contribution in [1.29, 1.82) is 0 Å². The number of rotatable bonds is 3. The second-order valence-corrected chi connectivity index (χ2v) is 4.73. The van der Waals surface area contributed by atoms with Gasteiger partial charge in [0.2, 0.25) is 8.38 Å². The third-order valence-electron chi connectivity index (χ3n) is 1.75. The normalized spacial score (nSPS) is 10.8. The van der Waals surface area contributed by atoms with Crippen LogP contribution in [0.3, 0.4) is 0 Å².